The van der Waals surface area contributed by atoms with E-state index >= 15 is 0 Å². The average molecular weight is 304 g/mol. The number of thiophene rings is 1. The molecule has 1 fully saturated rings. The van der Waals surface area contributed by atoms with Crippen molar-refractivity contribution in [2.45, 2.75) is 43.7 Å². The van der Waals surface area contributed by atoms with Gasteiger partial charge in [0.05, 0.1) is 12.2 Å². The lowest BCUT2D eigenvalue weighted by Gasteiger charge is -2.34. The molecule has 0 bridgehead atoms. The van der Waals surface area contributed by atoms with Crippen LogP contribution in [0.5, 0.6) is 0 Å². The Morgan fingerprint density at radius 2 is 2.00 bits per heavy atom. The quantitative estimate of drug-likeness (QED) is 0.914. The van der Waals surface area contributed by atoms with Crippen LogP contribution in [0.3, 0.4) is 0 Å². The van der Waals surface area contributed by atoms with E-state index in [0.29, 0.717) is 23.8 Å². The Hall–Kier alpha value is -0.470. The molecule has 0 aromatic carbocycles. The zero-order chi connectivity index (χ0) is 14.2. The third-order valence-corrected chi connectivity index (χ3v) is 6.70. The zero-order valence-electron chi connectivity index (χ0n) is 11.4. The lowest BCUT2D eigenvalue weighted by Crippen LogP contribution is -2.47. The maximum absolute atomic E-state index is 12.6. The van der Waals surface area contributed by atoms with Crippen molar-refractivity contribution < 1.29 is 13.2 Å². The fraction of sp³-hybridized carbons (Fsp3) is 0.667. The van der Waals surface area contributed by atoms with Crippen LogP contribution in [0.1, 0.15) is 24.3 Å². The molecule has 1 saturated heterocycles. The summed E-state index contributed by atoms with van der Waals surface area (Å²) in [6.45, 7) is 6.86. The highest BCUT2D eigenvalue weighted by Crippen LogP contribution is 2.29. The van der Waals surface area contributed by atoms with Gasteiger partial charge in [-0.2, -0.15) is 4.31 Å². The van der Waals surface area contributed by atoms with Gasteiger partial charge in [-0.15, -0.1) is 11.3 Å². The van der Waals surface area contributed by atoms with Crippen LogP contribution in [0.2, 0.25) is 0 Å². The number of hydrogen-bond acceptors (Lipinski definition) is 5. The first-order valence-electron chi connectivity index (χ1n) is 6.29. The van der Waals surface area contributed by atoms with Crippen LogP contribution in [0.25, 0.3) is 0 Å². The number of nitrogens with two attached hydrogens (primary N) is 1. The topological polar surface area (TPSA) is 72.6 Å². The van der Waals surface area contributed by atoms with E-state index in [9.17, 15) is 8.42 Å². The van der Waals surface area contributed by atoms with E-state index in [2.05, 4.69) is 0 Å². The molecule has 19 heavy (non-hydrogen) atoms. The van der Waals surface area contributed by atoms with Gasteiger partial charge in [0.25, 0.3) is 10.0 Å². The first-order valence-corrected chi connectivity index (χ1v) is 8.55. The second-order valence-corrected chi connectivity index (χ2v) is 8.26. The molecule has 1 aromatic heterocycles. The molecule has 1 aromatic rings. The van der Waals surface area contributed by atoms with Crippen molar-refractivity contribution in [2.75, 3.05) is 13.1 Å². The predicted molar refractivity (Wildman–Crippen MR) is 75.7 cm³/mol. The summed E-state index contributed by atoms with van der Waals surface area (Å²) in [5, 5.41) is 0. The van der Waals surface area contributed by atoms with Gasteiger partial charge >= 0.3 is 0 Å². The van der Waals surface area contributed by atoms with E-state index < -0.39 is 10.0 Å². The van der Waals surface area contributed by atoms with Gasteiger partial charge in [0, 0.05) is 24.5 Å². The molecule has 0 aliphatic carbocycles. The largest absolute Gasteiger partial charge is 0.373 e. The van der Waals surface area contributed by atoms with E-state index in [1.54, 1.807) is 6.07 Å². The van der Waals surface area contributed by atoms with E-state index in [4.69, 9.17) is 10.5 Å². The number of sulfonamides is 1. The van der Waals surface area contributed by atoms with E-state index in [-0.39, 0.29) is 12.2 Å². The third-order valence-electron chi connectivity index (χ3n) is 3.16. The monoisotopic (exact) mass is 304 g/mol. The van der Waals surface area contributed by atoms with Crippen molar-refractivity contribution in [3.8, 4) is 0 Å². The Morgan fingerprint density at radius 3 is 2.47 bits per heavy atom. The molecule has 1 aliphatic rings. The van der Waals surface area contributed by atoms with E-state index in [1.165, 1.54) is 15.6 Å². The summed E-state index contributed by atoms with van der Waals surface area (Å²) in [5.74, 6) is 0. The maximum atomic E-state index is 12.6. The summed E-state index contributed by atoms with van der Waals surface area (Å²) in [4.78, 5) is 0.924. The van der Waals surface area contributed by atoms with Gasteiger partial charge in [-0.25, -0.2) is 8.42 Å². The SMILES string of the molecule is Cc1cc(S(=O)(=O)N2C[C@@H](C)O[C@@H](C)C2)sc1CN. The summed E-state index contributed by atoms with van der Waals surface area (Å²) in [6.07, 6.45) is -0.151. The highest BCUT2D eigenvalue weighted by atomic mass is 32.2. The molecule has 2 atom stereocenters. The van der Waals surface area contributed by atoms with Gasteiger partial charge < -0.3 is 10.5 Å². The molecule has 2 N–H and O–H groups in total. The minimum Gasteiger partial charge on any atom is -0.373 e. The molecule has 2 heterocycles. The minimum atomic E-state index is -3.42. The van der Waals surface area contributed by atoms with Gasteiger partial charge in [0.1, 0.15) is 4.21 Å². The van der Waals surface area contributed by atoms with Gasteiger partial charge in [-0.05, 0) is 32.4 Å². The highest BCUT2D eigenvalue weighted by Gasteiger charge is 2.33. The first-order chi connectivity index (χ1) is 8.84. The number of ether oxygens (including phenoxy) is 1. The van der Waals surface area contributed by atoms with Gasteiger partial charge in [-0.3, -0.25) is 0 Å². The molecule has 0 amide bonds. The molecule has 0 spiro atoms. The Kier molecular flexibility index (Phi) is 4.32. The summed E-state index contributed by atoms with van der Waals surface area (Å²) in [7, 11) is -3.42. The van der Waals surface area contributed by atoms with Crippen molar-refractivity contribution in [3.63, 3.8) is 0 Å². The van der Waals surface area contributed by atoms with Crippen molar-refractivity contribution >= 4 is 21.4 Å². The normalized spacial score (nSPS) is 25.7. The van der Waals surface area contributed by atoms with Crippen molar-refractivity contribution in [3.05, 3.63) is 16.5 Å². The number of rotatable bonds is 3. The van der Waals surface area contributed by atoms with E-state index in [1.807, 2.05) is 20.8 Å². The van der Waals surface area contributed by atoms with Crippen molar-refractivity contribution in [1.29, 1.82) is 0 Å². The molecule has 1 aliphatic heterocycles. The number of hydrogen-bond donors (Lipinski definition) is 1. The third kappa shape index (κ3) is 3.00. The van der Waals surface area contributed by atoms with E-state index in [0.717, 1.165) is 10.4 Å². The zero-order valence-corrected chi connectivity index (χ0v) is 13.1. The van der Waals surface area contributed by atoms with Crippen LogP contribution < -0.4 is 5.73 Å². The van der Waals surface area contributed by atoms with Crippen LogP contribution in [0, 0.1) is 6.92 Å². The fourth-order valence-electron chi connectivity index (χ4n) is 2.27. The first kappa shape index (κ1) is 14.9. The lowest BCUT2D eigenvalue weighted by molar-refractivity contribution is -0.0440. The van der Waals surface area contributed by atoms with Crippen LogP contribution in [0.4, 0.5) is 0 Å². The summed E-state index contributed by atoms with van der Waals surface area (Å²) in [5.41, 5.74) is 6.56. The predicted octanol–water partition coefficient (Wildman–Crippen LogP) is 1.31. The van der Waals surface area contributed by atoms with Crippen molar-refractivity contribution in [1.82, 2.24) is 4.31 Å². The molecule has 0 saturated carbocycles. The Morgan fingerprint density at radius 1 is 1.42 bits per heavy atom. The van der Waals surface area contributed by atoms with Crippen molar-refractivity contribution in [2.24, 2.45) is 5.73 Å². The van der Waals surface area contributed by atoms with Gasteiger partial charge in [0.15, 0.2) is 0 Å². The molecule has 0 unspecified atom stereocenters. The number of nitrogens with zero attached hydrogens (tertiary/aromatic N) is 1. The average Bonchev–Trinajstić information content (AvgIpc) is 2.70. The van der Waals surface area contributed by atoms with Crippen LogP contribution in [-0.2, 0) is 21.3 Å². The van der Waals surface area contributed by atoms with Crippen LogP contribution >= 0.6 is 11.3 Å². The number of aryl methyl sites for hydroxylation is 1. The fourth-order valence-corrected chi connectivity index (χ4v) is 5.49. The molecule has 0 radical (unpaired) electrons. The molecule has 2 rings (SSSR count). The lowest BCUT2D eigenvalue weighted by atomic mass is 10.3. The standard InChI is InChI=1S/C12H20N2O3S2/c1-8-4-12(18-11(8)5-13)19(15,16)14-6-9(2)17-10(3)7-14/h4,9-10H,5-7,13H2,1-3H3/t9-,10+. The molecule has 108 valence electrons. The summed E-state index contributed by atoms with van der Waals surface area (Å²) < 4.78 is 32.7. The molecular formula is C12H20N2O3S2. The van der Waals surface area contributed by atoms with Crippen LogP contribution in [-0.4, -0.2) is 38.0 Å². The smallest absolute Gasteiger partial charge is 0.252 e. The second-order valence-electron chi connectivity index (χ2n) is 4.96. The molecular weight excluding hydrogens is 284 g/mol. The summed E-state index contributed by atoms with van der Waals surface area (Å²) >= 11 is 1.27. The molecule has 5 nitrogen and oxygen atoms in total. The maximum Gasteiger partial charge on any atom is 0.252 e. The second kappa shape index (κ2) is 5.49. The number of morpholine rings is 1. The Labute approximate surface area is 118 Å². The van der Waals surface area contributed by atoms with Crippen LogP contribution in [0.15, 0.2) is 10.3 Å². The Bertz CT molecular complexity index is 543. The highest BCUT2D eigenvalue weighted by molar-refractivity contribution is 7.91. The Balaban J connectivity index is 2.30. The minimum absolute atomic E-state index is 0.0754. The summed E-state index contributed by atoms with van der Waals surface area (Å²) in [6, 6.07) is 1.72. The van der Waals surface area contributed by atoms with Gasteiger partial charge in [0.2, 0.25) is 0 Å². The molecule has 7 heteroatoms. The van der Waals surface area contributed by atoms with Gasteiger partial charge in [-0.1, -0.05) is 0 Å².